The Morgan fingerprint density at radius 1 is 1.00 bits per heavy atom. The lowest BCUT2D eigenvalue weighted by molar-refractivity contribution is -0.140. The number of hydrogen-bond acceptors (Lipinski definition) is 4. The lowest BCUT2D eigenvalue weighted by Gasteiger charge is -2.03. The summed E-state index contributed by atoms with van der Waals surface area (Å²) in [5.41, 5.74) is 1.88. The van der Waals surface area contributed by atoms with Crippen LogP contribution in [0.3, 0.4) is 0 Å². The summed E-state index contributed by atoms with van der Waals surface area (Å²) in [4.78, 5) is 21.7. The molecule has 0 spiro atoms. The number of allylic oxidation sites excluding steroid dienone is 1. The Morgan fingerprint density at radius 3 is 1.88 bits per heavy atom. The Hall–Kier alpha value is -2.62. The third kappa shape index (κ3) is 16.2. The van der Waals surface area contributed by atoms with E-state index >= 15 is 0 Å². The average molecular weight is 360 g/mol. The maximum atomic E-state index is 11.0. The van der Waals surface area contributed by atoms with E-state index in [1.165, 1.54) is 0 Å². The normalized spacial score (nSPS) is 8.62. The zero-order valence-electron chi connectivity index (χ0n) is 16.5. The van der Waals surface area contributed by atoms with Crippen LogP contribution in [-0.2, 0) is 25.7 Å². The van der Waals surface area contributed by atoms with Gasteiger partial charge in [0, 0.05) is 11.1 Å². The highest BCUT2D eigenvalue weighted by molar-refractivity contribution is 5.87. The van der Waals surface area contributed by atoms with Crippen molar-refractivity contribution in [3.8, 4) is 0 Å². The minimum Gasteiger partial charge on any atom is -0.462 e. The van der Waals surface area contributed by atoms with Crippen LogP contribution in [-0.4, -0.2) is 18.5 Å². The summed E-state index contributed by atoms with van der Waals surface area (Å²) in [5.74, 6) is -0.627. The summed E-state index contributed by atoms with van der Waals surface area (Å²) in [7, 11) is 0. The highest BCUT2D eigenvalue weighted by Gasteiger charge is 2.02. The first-order valence-electron chi connectivity index (χ1n) is 8.56. The second-order valence-electron chi connectivity index (χ2n) is 5.52. The van der Waals surface area contributed by atoms with Crippen molar-refractivity contribution in [3.63, 3.8) is 0 Å². The molecule has 0 N–H and O–H groups in total. The molecule has 0 radical (unpaired) electrons. The van der Waals surface area contributed by atoms with Crippen molar-refractivity contribution in [2.75, 3.05) is 6.61 Å². The van der Waals surface area contributed by atoms with Gasteiger partial charge in [0.15, 0.2) is 0 Å². The summed E-state index contributed by atoms with van der Waals surface area (Å²) < 4.78 is 9.76. The van der Waals surface area contributed by atoms with Crippen LogP contribution < -0.4 is 0 Å². The van der Waals surface area contributed by atoms with Crippen molar-refractivity contribution < 1.29 is 19.1 Å². The molecular weight excluding hydrogens is 328 g/mol. The van der Waals surface area contributed by atoms with Crippen LogP contribution in [0.1, 0.15) is 46.1 Å². The summed E-state index contributed by atoms with van der Waals surface area (Å²) in [6.45, 7) is 18.4. The van der Waals surface area contributed by atoms with Crippen LogP contribution in [0.25, 0.3) is 0 Å². The Bertz CT molecular complexity index is 559. The van der Waals surface area contributed by atoms with Crippen molar-refractivity contribution in [1.29, 1.82) is 0 Å². The zero-order chi connectivity index (χ0) is 20.4. The second-order valence-corrected chi connectivity index (χ2v) is 5.52. The number of ether oxygens (including phenoxy) is 2. The molecule has 0 atom stereocenters. The fourth-order valence-electron chi connectivity index (χ4n) is 1.28. The topological polar surface area (TPSA) is 52.6 Å². The number of benzene rings is 1. The van der Waals surface area contributed by atoms with E-state index in [9.17, 15) is 9.59 Å². The maximum absolute atomic E-state index is 11.0. The molecule has 1 aromatic rings. The first-order chi connectivity index (χ1) is 12.3. The van der Waals surface area contributed by atoms with Gasteiger partial charge in [-0.25, -0.2) is 9.59 Å². The number of rotatable bonds is 7. The molecule has 0 heterocycles. The van der Waals surface area contributed by atoms with Gasteiger partial charge >= 0.3 is 11.9 Å². The summed E-state index contributed by atoms with van der Waals surface area (Å²) in [5, 5.41) is 0. The first kappa shape index (κ1) is 25.6. The molecule has 0 saturated carbocycles. The van der Waals surface area contributed by atoms with Gasteiger partial charge in [-0.3, -0.25) is 0 Å². The van der Waals surface area contributed by atoms with Crippen LogP contribution in [0.4, 0.5) is 0 Å². The molecule has 0 bridgehead atoms. The molecule has 0 aromatic heterocycles. The first-order valence-corrected chi connectivity index (χ1v) is 8.56. The fourth-order valence-corrected chi connectivity index (χ4v) is 1.28. The average Bonchev–Trinajstić information content (AvgIpc) is 2.61. The van der Waals surface area contributed by atoms with Crippen LogP contribution in [0.2, 0.25) is 0 Å². The summed E-state index contributed by atoms with van der Waals surface area (Å²) in [6, 6.07) is 9.55. The number of carbonyl (C=O) groups excluding carboxylic acids is 2. The van der Waals surface area contributed by atoms with Gasteiger partial charge in [-0.1, -0.05) is 62.9 Å². The minimum absolute atomic E-state index is 0.284. The largest absolute Gasteiger partial charge is 0.462 e. The Labute approximate surface area is 158 Å². The molecule has 0 amide bonds. The van der Waals surface area contributed by atoms with Gasteiger partial charge in [-0.15, -0.1) is 6.58 Å². The Morgan fingerprint density at radius 2 is 1.46 bits per heavy atom. The lowest BCUT2D eigenvalue weighted by atomic mass is 10.2. The van der Waals surface area contributed by atoms with Gasteiger partial charge in [0.05, 0.1) is 6.61 Å². The molecule has 0 aliphatic carbocycles. The highest BCUT2D eigenvalue weighted by Crippen LogP contribution is 2.02. The van der Waals surface area contributed by atoms with Crippen molar-refractivity contribution in [2.24, 2.45) is 0 Å². The van der Waals surface area contributed by atoms with E-state index in [2.05, 4.69) is 26.7 Å². The third-order valence-electron chi connectivity index (χ3n) is 2.64. The van der Waals surface area contributed by atoms with Crippen LogP contribution in [0.5, 0.6) is 0 Å². The summed E-state index contributed by atoms with van der Waals surface area (Å²) in [6.07, 6.45) is 3.72. The molecule has 4 heteroatoms. The molecule has 1 rings (SSSR count). The predicted molar refractivity (Wildman–Crippen MR) is 108 cm³/mol. The van der Waals surface area contributed by atoms with Crippen molar-refractivity contribution in [1.82, 2.24) is 0 Å². The van der Waals surface area contributed by atoms with E-state index in [0.29, 0.717) is 24.4 Å². The number of esters is 2. The quantitative estimate of drug-likeness (QED) is 0.282. The van der Waals surface area contributed by atoms with Crippen molar-refractivity contribution in [3.05, 3.63) is 72.9 Å². The molecule has 1 aromatic carbocycles. The summed E-state index contributed by atoms with van der Waals surface area (Å²) >= 11 is 0. The van der Waals surface area contributed by atoms with Gasteiger partial charge < -0.3 is 9.47 Å². The Balaban J connectivity index is 0. The van der Waals surface area contributed by atoms with E-state index in [4.69, 9.17) is 9.47 Å². The molecule has 0 saturated heterocycles. The third-order valence-corrected chi connectivity index (χ3v) is 2.64. The predicted octanol–water partition coefficient (Wildman–Crippen LogP) is 5.40. The number of carbonyl (C=O) groups is 2. The van der Waals surface area contributed by atoms with Gasteiger partial charge in [-0.05, 0) is 32.8 Å². The van der Waals surface area contributed by atoms with E-state index < -0.39 is 0 Å². The van der Waals surface area contributed by atoms with Gasteiger partial charge in [0.1, 0.15) is 6.61 Å². The van der Waals surface area contributed by atoms with E-state index in [1.54, 1.807) is 19.9 Å². The van der Waals surface area contributed by atoms with Crippen molar-refractivity contribution >= 4 is 11.9 Å². The zero-order valence-corrected chi connectivity index (χ0v) is 16.5. The molecule has 0 fully saturated rings. The fraction of sp³-hybridized carbons (Fsp3) is 0.364. The van der Waals surface area contributed by atoms with Crippen LogP contribution in [0.15, 0.2) is 67.3 Å². The monoisotopic (exact) mass is 360 g/mol. The SMILES string of the molecule is C=C(C)C(=O)OCCCC.C=C(C)C(=O)OCc1ccccc1.C=CC. The van der Waals surface area contributed by atoms with Gasteiger partial charge in [0.2, 0.25) is 0 Å². The molecule has 0 aliphatic rings. The van der Waals surface area contributed by atoms with E-state index in [1.807, 2.05) is 37.3 Å². The van der Waals surface area contributed by atoms with Crippen LogP contribution in [0, 0.1) is 0 Å². The Kier molecular flexibility index (Phi) is 17.0. The maximum Gasteiger partial charge on any atom is 0.333 e. The standard InChI is InChI=1S/C11H12O2.C8H14O2.C3H6/c1-9(2)11(12)13-8-10-6-4-3-5-7-10;1-4-5-6-10-8(9)7(2)3;1-3-2/h3-7H,1,8H2,2H3;2,4-6H2,1,3H3;3H,1H2,2H3. The van der Waals surface area contributed by atoms with Crippen molar-refractivity contribution in [2.45, 2.75) is 47.1 Å². The van der Waals surface area contributed by atoms with E-state index in [0.717, 1.165) is 18.4 Å². The minimum atomic E-state index is -0.344. The second kappa shape index (κ2) is 17.2. The highest BCUT2D eigenvalue weighted by atomic mass is 16.5. The van der Waals surface area contributed by atoms with Gasteiger partial charge in [-0.2, -0.15) is 0 Å². The number of unbranched alkanes of at least 4 members (excludes halogenated alkanes) is 1. The molecule has 144 valence electrons. The molecule has 0 unspecified atom stereocenters. The smallest absolute Gasteiger partial charge is 0.333 e. The van der Waals surface area contributed by atoms with Crippen LogP contribution >= 0.6 is 0 Å². The van der Waals surface area contributed by atoms with Gasteiger partial charge in [0.25, 0.3) is 0 Å². The molecule has 0 aliphatic heterocycles. The molecular formula is C22H32O4. The lowest BCUT2D eigenvalue weighted by Crippen LogP contribution is -2.05. The molecule has 4 nitrogen and oxygen atoms in total. The molecule has 26 heavy (non-hydrogen) atoms. The number of hydrogen-bond donors (Lipinski definition) is 0. The van der Waals surface area contributed by atoms with E-state index in [-0.39, 0.29) is 11.9 Å².